The van der Waals surface area contributed by atoms with E-state index in [0.29, 0.717) is 11.4 Å². The lowest BCUT2D eigenvalue weighted by atomic mass is 10.1. The van der Waals surface area contributed by atoms with Crippen LogP contribution in [0.2, 0.25) is 5.02 Å². The third-order valence-electron chi connectivity index (χ3n) is 3.46. The second kappa shape index (κ2) is 6.11. The molecule has 0 atom stereocenters. The molecule has 0 saturated heterocycles. The van der Waals surface area contributed by atoms with Gasteiger partial charge in [0.25, 0.3) is 0 Å². The lowest BCUT2D eigenvalue weighted by Crippen LogP contribution is -2.24. The number of halogens is 1. The summed E-state index contributed by atoms with van der Waals surface area (Å²) in [5, 5.41) is 10.7. The van der Waals surface area contributed by atoms with E-state index in [1.165, 1.54) is 0 Å². The van der Waals surface area contributed by atoms with Gasteiger partial charge >= 0.3 is 0 Å². The van der Waals surface area contributed by atoms with Gasteiger partial charge in [-0.15, -0.1) is 0 Å². The average Bonchev–Trinajstić information content (AvgIpc) is 2.41. The molecule has 3 nitrogen and oxygen atoms in total. The molecule has 1 heterocycles. The maximum absolute atomic E-state index is 9.03. The number of rotatable bonds is 4. The Morgan fingerprint density at radius 2 is 1.95 bits per heavy atom. The third kappa shape index (κ3) is 2.71. The highest BCUT2D eigenvalue weighted by molar-refractivity contribution is 6.31. The number of benzene rings is 1. The molecule has 0 N–H and O–H groups in total. The molecular formula is C16H18ClN3. The van der Waals surface area contributed by atoms with E-state index in [0.717, 1.165) is 40.9 Å². The van der Waals surface area contributed by atoms with Crippen LogP contribution in [0.15, 0.2) is 18.2 Å². The topological polar surface area (TPSA) is 39.9 Å². The Morgan fingerprint density at radius 3 is 2.55 bits per heavy atom. The molecule has 0 saturated carbocycles. The van der Waals surface area contributed by atoms with E-state index >= 15 is 0 Å². The second-order valence-corrected chi connectivity index (χ2v) is 5.21. The molecule has 0 aliphatic heterocycles. The molecule has 2 aromatic rings. The molecule has 20 heavy (non-hydrogen) atoms. The first-order valence-electron chi connectivity index (χ1n) is 6.82. The van der Waals surface area contributed by atoms with Crippen LogP contribution in [0.3, 0.4) is 0 Å². The van der Waals surface area contributed by atoms with Crippen molar-refractivity contribution in [3.8, 4) is 6.07 Å². The Labute approximate surface area is 124 Å². The molecule has 0 aliphatic carbocycles. The van der Waals surface area contributed by atoms with Crippen LogP contribution in [0.25, 0.3) is 10.9 Å². The van der Waals surface area contributed by atoms with Crippen LogP contribution in [0.5, 0.6) is 0 Å². The van der Waals surface area contributed by atoms with Crippen molar-refractivity contribution in [1.82, 2.24) is 4.98 Å². The number of hydrogen-bond acceptors (Lipinski definition) is 3. The summed E-state index contributed by atoms with van der Waals surface area (Å²) in [6, 6.07) is 8.09. The number of anilines is 1. The van der Waals surface area contributed by atoms with Crippen molar-refractivity contribution in [2.45, 2.75) is 27.2 Å². The van der Waals surface area contributed by atoms with E-state index < -0.39 is 0 Å². The number of nitrogens with zero attached hydrogens (tertiary/aromatic N) is 3. The minimum atomic E-state index is 0.361. The van der Waals surface area contributed by atoms with Crippen LogP contribution in [-0.4, -0.2) is 18.1 Å². The summed E-state index contributed by atoms with van der Waals surface area (Å²) in [4.78, 5) is 6.97. The van der Waals surface area contributed by atoms with Crippen LogP contribution in [-0.2, 0) is 6.42 Å². The van der Waals surface area contributed by atoms with E-state index in [9.17, 15) is 0 Å². The smallest absolute Gasteiger partial charge is 0.133 e. The third-order valence-corrected chi connectivity index (χ3v) is 3.68. The lowest BCUT2D eigenvalue weighted by molar-refractivity contribution is 0.841. The zero-order valence-electron chi connectivity index (χ0n) is 12.1. The van der Waals surface area contributed by atoms with Gasteiger partial charge in [-0.2, -0.15) is 5.26 Å². The molecule has 2 rings (SSSR count). The minimum Gasteiger partial charge on any atom is -0.357 e. The summed E-state index contributed by atoms with van der Waals surface area (Å²) in [5.74, 6) is 0.912. The van der Waals surface area contributed by atoms with Crippen molar-refractivity contribution in [3.05, 3.63) is 34.3 Å². The first-order chi connectivity index (χ1) is 9.60. The van der Waals surface area contributed by atoms with Gasteiger partial charge in [0.15, 0.2) is 0 Å². The zero-order chi connectivity index (χ0) is 14.7. The Balaban J connectivity index is 2.72. The quantitative estimate of drug-likeness (QED) is 0.849. The molecule has 0 spiro atoms. The van der Waals surface area contributed by atoms with Crippen molar-refractivity contribution < 1.29 is 0 Å². The summed E-state index contributed by atoms with van der Waals surface area (Å²) in [5.41, 5.74) is 2.98. The van der Waals surface area contributed by atoms with Gasteiger partial charge in [-0.3, -0.25) is 0 Å². The molecule has 0 bridgehead atoms. The van der Waals surface area contributed by atoms with Crippen LogP contribution in [0, 0.1) is 18.3 Å². The van der Waals surface area contributed by atoms with Crippen LogP contribution >= 0.6 is 11.6 Å². The number of pyridine rings is 1. The number of fused-ring (bicyclic) bond motifs is 1. The molecule has 0 unspecified atom stereocenters. The summed E-state index contributed by atoms with van der Waals surface area (Å²) >= 11 is 6.11. The average molecular weight is 288 g/mol. The van der Waals surface area contributed by atoms with Crippen LogP contribution < -0.4 is 4.90 Å². The summed E-state index contributed by atoms with van der Waals surface area (Å²) in [6.07, 6.45) is 0.361. The molecule has 104 valence electrons. The highest BCUT2D eigenvalue weighted by Crippen LogP contribution is 2.28. The molecule has 4 heteroatoms. The van der Waals surface area contributed by atoms with E-state index in [2.05, 4.69) is 24.8 Å². The largest absolute Gasteiger partial charge is 0.357 e. The Hall–Kier alpha value is -1.79. The van der Waals surface area contributed by atoms with Crippen LogP contribution in [0.1, 0.15) is 25.0 Å². The number of aryl methyl sites for hydroxylation is 1. The van der Waals surface area contributed by atoms with E-state index in [1.807, 2.05) is 25.1 Å². The van der Waals surface area contributed by atoms with Crippen molar-refractivity contribution in [1.29, 1.82) is 5.26 Å². The van der Waals surface area contributed by atoms with Gasteiger partial charge in [0.1, 0.15) is 5.82 Å². The van der Waals surface area contributed by atoms with E-state index in [1.54, 1.807) is 0 Å². The van der Waals surface area contributed by atoms with E-state index in [-0.39, 0.29) is 0 Å². The predicted octanol–water partition coefficient (Wildman–Crippen LogP) is 4.11. The summed E-state index contributed by atoms with van der Waals surface area (Å²) in [6.45, 7) is 7.96. The minimum absolute atomic E-state index is 0.361. The normalized spacial score (nSPS) is 10.6. The van der Waals surface area contributed by atoms with Crippen LogP contribution in [0.4, 0.5) is 5.82 Å². The van der Waals surface area contributed by atoms with Crippen molar-refractivity contribution in [2.24, 2.45) is 0 Å². The van der Waals surface area contributed by atoms with Gasteiger partial charge in [-0.05, 0) is 44.5 Å². The molecule has 0 fully saturated rings. The molecular weight excluding hydrogens is 270 g/mol. The first-order valence-corrected chi connectivity index (χ1v) is 7.20. The fraction of sp³-hybridized carbons (Fsp3) is 0.375. The number of hydrogen-bond donors (Lipinski definition) is 0. The Kier molecular flexibility index (Phi) is 4.46. The monoisotopic (exact) mass is 287 g/mol. The molecule has 0 radical (unpaired) electrons. The first kappa shape index (κ1) is 14.6. The standard InChI is InChI=1S/C16H18ClN3/c1-4-20(5-2)16-12(6-7-18)9-13-10-14(17)8-11(3)15(13)19-16/h8-10H,4-6H2,1-3H3. The van der Waals surface area contributed by atoms with Gasteiger partial charge in [0.05, 0.1) is 18.0 Å². The van der Waals surface area contributed by atoms with Gasteiger partial charge in [-0.25, -0.2) is 4.98 Å². The molecule has 1 aromatic heterocycles. The van der Waals surface area contributed by atoms with Gasteiger partial charge in [-0.1, -0.05) is 11.6 Å². The Bertz CT molecular complexity index is 669. The fourth-order valence-corrected chi connectivity index (χ4v) is 2.75. The van der Waals surface area contributed by atoms with Gasteiger partial charge in [0.2, 0.25) is 0 Å². The SMILES string of the molecule is CCN(CC)c1nc2c(C)cc(Cl)cc2cc1CC#N. The zero-order valence-corrected chi connectivity index (χ0v) is 12.8. The summed E-state index contributed by atoms with van der Waals surface area (Å²) in [7, 11) is 0. The predicted molar refractivity (Wildman–Crippen MR) is 84.4 cm³/mol. The molecule has 0 amide bonds. The van der Waals surface area contributed by atoms with Gasteiger partial charge < -0.3 is 4.90 Å². The number of aromatic nitrogens is 1. The molecule has 1 aromatic carbocycles. The van der Waals surface area contributed by atoms with Crippen molar-refractivity contribution in [3.63, 3.8) is 0 Å². The number of nitriles is 1. The maximum atomic E-state index is 9.03. The van der Waals surface area contributed by atoms with Crippen molar-refractivity contribution >= 4 is 28.3 Å². The summed E-state index contributed by atoms with van der Waals surface area (Å²) < 4.78 is 0. The van der Waals surface area contributed by atoms with Gasteiger partial charge in [0, 0.05) is 29.1 Å². The highest BCUT2D eigenvalue weighted by atomic mass is 35.5. The molecule has 0 aliphatic rings. The highest BCUT2D eigenvalue weighted by Gasteiger charge is 2.13. The fourth-order valence-electron chi connectivity index (χ4n) is 2.47. The second-order valence-electron chi connectivity index (χ2n) is 4.77. The Morgan fingerprint density at radius 1 is 1.25 bits per heavy atom. The lowest BCUT2D eigenvalue weighted by Gasteiger charge is -2.23. The van der Waals surface area contributed by atoms with E-state index in [4.69, 9.17) is 21.8 Å². The maximum Gasteiger partial charge on any atom is 0.133 e. The van der Waals surface area contributed by atoms with Crippen molar-refractivity contribution in [2.75, 3.05) is 18.0 Å².